The van der Waals surface area contributed by atoms with E-state index in [0.717, 1.165) is 37.3 Å². The third-order valence-corrected chi connectivity index (χ3v) is 6.16. The summed E-state index contributed by atoms with van der Waals surface area (Å²) in [5.41, 5.74) is 6.39. The maximum atomic E-state index is 13.1. The average molecular weight is 407 g/mol. The number of hydrogen-bond donors (Lipinski definition) is 1. The quantitative estimate of drug-likeness (QED) is 0.832. The molecule has 1 aliphatic heterocycles. The van der Waals surface area contributed by atoms with Crippen molar-refractivity contribution in [3.05, 3.63) is 23.5 Å². The maximum absolute atomic E-state index is 13.1. The number of rotatable bonds is 3. The fraction of sp³-hybridized carbons (Fsp3) is 0.722. The molecule has 9 nitrogen and oxygen atoms in total. The molecule has 3 heterocycles. The lowest BCUT2D eigenvalue weighted by Gasteiger charge is -2.32. The van der Waals surface area contributed by atoms with Crippen LogP contribution in [0.2, 0.25) is 0 Å². The Kier molecular flexibility index (Phi) is 5.13. The highest BCUT2D eigenvalue weighted by atomic mass is 35.5. The molecule has 152 valence electrons. The van der Waals surface area contributed by atoms with E-state index in [0.29, 0.717) is 30.7 Å². The monoisotopic (exact) mass is 406 g/mol. The second-order valence-electron chi connectivity index (χ2n) is 8.15. The highest BCUT2D eigenvalue weighted by Gasteiger charge is 2.35. The smallest absolute Gasteiger partial charge is 0.276 e. The predicted octanol–water partition coefficient (Wildman–Crippen LogP) is 1.83. The van der Waals surface area contributed by atoms with E-state index in [-0.39, 0.29) is 30.4 Å². The molecule has 0 unspecified atom stereocenters. The normalized spacial score (nSPS) is 27.2. The van der Waals surface area contributed by atoms with Crippen LogP contribution >= 0.6 is 12.4 Å². The summed E-state index contributed by atoms with van der Waals surface area (Å²) in [6, 6.07) is 0.476. The Morgan fingerprint density at radius 2 is 1.89 bits per heavy atom. The number of amides is 1. The number of carbonyl (C=O) groups is 1. The van der Waals surface area contributed by atoms with Gasteiger partial charge in [0.25, 0.3) is 5.91 Å². The van der Waals surface area contributed by atoms with Crippen molar-refractivity contribution in [1.82, 2.24) is 34.7 Å². The van der Waals surface area contributed by atoms with Gasteiger partial charge in [0, 0.05) is 18.5 Å². The second kappa shape index (κ2) is 7.44. The SMILES string of the molecule is C[C@@H]1c2nc(C3CC3)nn2CCN1C(=O)c1cn(C2CCC(N)CC2)nn1.Cl. The van der Waals surface area contributed by atoms with E-state index in [9.17, 15) is 4.79 Å². The van der Waals surface area contributed by atoms with E-state index >= 15 is 0 Å². The zero-order chi connectivity index (χ0) is 18.5. The van der Waals surface area contributed by atoms with Gasteiger partial charge in [-0.1, -0.05) is 5.21 Å². The lowest BCUT2D eigenvalue weighted by Crippen LogP contribution is -2.41. The van der Waals surface area contributed by atoms with Gasteiger partial charge in [-0.2, -0.15) is 5.10 Å². The van der Waals surface area contributed by atoms with Crippen molar-refractivity contribution in [1.29, 1.82) is 0 Å². The second-order valence-corrected chi connectivity index (χ2v) is 8.15. The molecule has 2 N–H and O–H groups in total. The molecule has 0 aromatic carbocycles. The van der Waals surface area contributed by atoms with Crippen molar-refractivity contribution >= 4 is 18.3 Å². The Morgan fingerprint density at radius 1 is 1.14 bits per heavy atom. The first kappa shape index (κ1) is 19.3. The van der Waals surface area contributed by atoms with Gasteiger partial charge in [-0.05, 0) is 45.4 Å². The molecular formula is C18H27ClN8O. The van der Waals surface area contributed by atoms with Crippen LogP contribution in [0.25, 0.3) is 0 Å². The number of hydrogen-bond acceptors (Lipinski definition) is 6. The number of carbonyl (C=O) groups excluding carboxylic acids is 1. The summed E-state index contributed by atoms with van der Waals surface area (Å²) in [6.07, 6.45) is 8.12. The van der Waals surface area contributed by atoms with Crippen molar-refractivity contribution in [2.24, 2.45) is 5.73 Å². The molecule has 2 aliphatic carbocycles. The molecule has 3 aliphatic rings. The third kappa shape index (κ3) is 3.41. The number of aromatic nitrogens is 6. The lowest BCUT2D eigenvalue weighted by atomic mass is 9.92. The molecule has 0 spiro atoms. The summed E-state index contributed by atoms with van der Waals surface area (Å²) in [6.45, 7) is 3.31. The van der Waals surface area contributed by atoms with Crippen LogP contribution in [0.4, 0.5) is 0 Å². The average Bonchev–Trinajstić information content (AvgIpc) is 3.24. The zero-order valence-corrected chi connectivity index (χ0v) is 16.9. The van der Waals surface area contributed by atoms with Gasteiger partial charge < -0.3 is 10.6 Å². The van der Waals surface area contributed by atoms with Crippen molar-refractivity contribution in [2.45, 2.75) is 76.0 Å². The molecule has 28 heavy (non-hydrogen) atoms. The van der Waals surface area contributed by atoms with Crippen LogP contribution in [0, 0.1) is 0 Å². The Labute approximate surface area is 170 Å². The van der Waals surface area contributed by atoms with E-state index in [2.05, 4.69) is 15.4 Å². The fourth-order valence-corrected chi connectivity index (χ4v) is 4.24. The molecule has 2 aromatic heterocycles. The first-order chi connectivity index (χ1) is 13.1. The molecule has 10 heteroatoms. The van der Waals surface area contributed by atoms with Crippen LogP contribution in [-0.2, 0) is 6.54 Å². The van der Waals surface area contributed by atoms with E-state index in [1.54, 1.807) is 6.20 Å². The maximum Gasteiger partial charge on any atom is 0.276 e. The minimum absolute atomic E-state index is 0. The summed E-state index contributed by atoms with van der Waals surface area (Å²) in [5, 5.41) is 13.0. The third-order valence-electron chi connectivity index (χ3n) is 6.16. The number of nitrogens with zero attached hydrogens (tertiary/aromatic N) is 7. The summed E-state index contributed by atoms with van der Waals surface area (Å²) in [5.74, 6) is 2.25. The lowest BCUT2D eigenvalue weighted by molar-refractivity contribution is 0.0624. The molecular weight excluding hydrogens is 380 g/mol. The number of halogens is 1. The van der Waals surface area contributed by atoms with Crippen LogP contribution < -0.4 is 5.73 Å². The number of fused-ring (bicyclic) bond motifs is 1. The van der Waals surface area contributed by atoms with Crippen molar-refractivity contribution in [3.8, 4) is 0 Å². The fourth-order valence-electron chi connectivity index (χ4n) is 4.24. The molecule has 5 rings (SSSR count). The minimum atomic E-state index is -0.107. The first-order valence-corrected chi connectivity index (χ1v) is 10.0. The zero-order valence-electron chi connectivity index (χ0n) is 16.1. The van der Waals surface area contributed by atoms with Crippen LogP contribution in [-0.4, -0.2) is 53.2 Å². The van der Waals surface area contributed by atoms with Crippen LogP contribution in [0.3, 0.4) is 0 Å². The van der Waals surface area contributed by atoms with Crippen LogP contribution in [0.5, 0.6) is 0 Å². The largest absolute Gasteiger partial charge is 0.328 e. The van der Waals surface area contributed by atoms with Gasteiger partial charge in [-0.25, -0.2) is 14.3 Å². The Morgan fingerprint density at radius 3 is 2.61 bits per heavy atom. The van der Waals surface area contributed by atoms with Gasteiger partial charge in [-0.15, -0.1) is 17.5 Å². The summed E-state index contributed by atoms with van der Waals surface area (Å²) >= 11 is 0. The summed E-state index contributed by atoms with van der Waals surface area (Å²) < 4.78 is 3.81. The van der Waals surface area contributed by atoms with Gasteiger partial charge in [0.1, 0.15) is 5.82 Å². The van der Waals surface area contributed by atoms with E-state index < -0.39 is 0 Å². The molecule has 1 atom stereocenters. The Balaban J connectivity index is 0.00000192. The molecule has 2 aromatic rings. The van der Waals surface area contributed by atoms with E-state index in [1.807, 2.05) is 21.2 Å². The Bertz CT molecular complexity index is 852. The van der Waals surface area contributed by atoms with Crippen molar-refractivity contribution in [2.75, 3.05) is 6.54 Å². The van der Waals surface area contributed by atoms with Gasteiger partial charge in [-0.3, -0.25) is 4.79 Å². The van der Waals surface area contributed by atoms with Crippen LogP contribution in [0.15, 0.2) is 6.20 Å². The number of nitrogens with two attached hydrogens (primary N) is 1. The molecule has 1 amide bonds. The highest BCUT2D eigenvalue weighted by molar-refractivity contribution is 5.92. The summed E-state index contributed by atoms with van der Waals surface area (Å²) in [4.78, 5) is 19.6. The van der Waals surface area contributed by atoms with Crippen molar-refractivity contribution in [3.63, 3.8) is 0 Å². The molecule has 2 saturated carbocycles. The van der Waals surface area contributed by atoms with Gasteiger partial charge >= 0.3 is 0 Å². The molecule has 0 saturated heterocycles. The van der Waals surface area contributed by atoms with Gasteiger partial charge in [0.05, 0.1) is 24.8 Å². The molecule has 0 radical (unpaired) electrons. The molecule has 2 fully saturated rings. The van der Waals surface area contributed by atoms with Gasteiger partial charge in [0.15, 0.2) is 11.5 Å². The minimum Gasteiger partial charge on any atom is -0.328 e. The van der Waals surface area contributed by atoms with Crippen molar-refractivity contribution < 1.29 is 4.79 Å². The highest BCUT2D eigenvalue weighted by Crippen LogP contribution is 2.39. The summed E-state index contributed by atoms with van der Waals surface area (Å²) in [7, 11) is 0. The standard InChI is InChI=1S/C18H26N8O.ClH/c1-11-17-20-16(12-2-3-12)22-25(17)9-8-24(11)18(27)15-10-26(23-21-15)14-6-4-13(19)5-7-14;/h10-14H,2-9,19H2,1H3;1H/t11-,13?,14?;/m1./s1. The topological polar surface area (TPSA) is 108 Å². The molecule has 0 bridgehead atoms. The van der Waals surface area contributed by atoms with E-state index in [1.165, 1.54) is 12.8 Å². The van der Waals surface area contributed by atoms with E-state index in [4.69, 9.17) is 10.7 Å². The Hall–Kier alpha value is -2.00. The van der Waals surface area contributed by atoms with Crippen LogP contribution in [0.1, 0.15) is 85.6 Å². The predicted molar refractivity (Wildman–Crippen MR) is 104 cm³/mol. The van der Waals surface area contributed by atoms with Gasteiger partial charge in [0.2, 0.25) is 0 Å². The first-order valence-electron chi connectivity index (χ1n) is 10.0.